The summed E-state index contributed by atoms with van der Waals surface area (Å²) in [5.74, 6) is -2.11. The Morgan fingerprint density at radius 3 is 2.63 bits per heavy atom. The number of aliphatic hydroxyl groups is 1. The number of carbonyl (C=O) groups excluding carboxylic acids is 4. The summed E-state index contributed by atoms with van der Waals surface area (Å²) in [5, 5.41) is 15.1. The van der Waals surface area contributed by atoms with Crippen molar-refractivity contribution in [3.63, 3.8) is 0 Å². The van der Waals surface area contributed by atoms with Crippen LogP contribution in [0.15, 0.2) is 18.2 Å². The number of hydrogen-bond donors (Lipinski definition) is 4. The van der Waals surface area contributed by atoms with Crippen molar-refractivity contribution in [3.05, 3.63) is 34.9 Å². The number of nitrogens with one attached hydrogen (secondary N) is 2. The van der Waals surface area contributed by atoms with Gasteiger partial charge in [0.1, 0.15) is 6.04 Å². The molecule has 27 heavy (non-hydrogen) atoms. The van der Waals surface area contributed by atoms with Gasteiger partial charge in [0.05, 0.1) is 16.7 Å². The molecule has 5 N–H and O–H groups in total. The van der Waals surface area contributed by atoms with Crippen LogP contribution in [0.4, 0.5) is 0 Å². The van der Waals surface area contributed by atoms with Gasteiger partial charge in [-0.1, -0.05) is 6.07 Å². The molecule has 0 aromatic heterocycles. The van der Waals surface area contributed by atoms with Crippen molar-refractivity contribution in [1.82, 2.24) is 15.5 Å². The fraction of sp³-hybridized carbons (Fsp3) is 0.444. The van der Waals surface area contributed by atoms with Crippen LogP contribution < -0.4 is 16.4 Å². The smallest absolute Gasteiger partial charge is 0.262 e. The molecule has 0 aliphatic carbocycles. The summed E-state index contributed by atoms with van der Waals surface area (Å²) in [6, 6.07) is 3.89. The molecule has 1 aromatic carbocycles. The van der Waals surface area contributed by atoms with Crippen LogP contribution in [0.1, 0.15) is 46.0 Å². The topological polar surface area (TPSA) is 142 Å². The number of fused-ring (bicyclic) bond motifs is 1. The molecule has 2 aliphatic heterocycles. The van der Waals surface area contributed by atoms with Gasteiger partial charge in [-0.3, -0.25) is 29.4 Å². The Labute approximate surface area is 155 Å². The first-order chi connectivity index (χ1) is 12.7. The second-order valence-corrected chi connectivity index (χ2v) is 7.13. The van der Waals surface area contributed by atoms with E-state index in [0.29, 0.717) is 6.54 Å². The lowest BCUT2D eigenvalue weighted by atomic mass is 10.0. The average molecular weight is 374 g/mol. The molecule has 0 bridgehead atoms. The highest BCUT2D eigenvalue weighted by Crippen LogP contribution is 2.28. The normalized spacial score (nSPS) is 21.9. The van der Waals surface area contributed by atoms with Gasteiger partial charge < -0.3 is 16.2 Å². The van der Waals surface area contributed by atoms with Crippen molar-refractivity contribution in [2.45, 2.75) is 38.0 Å². The third-order valence-electron chi connectivity index (χ3n) is 4.78. The Bertz CT molecular complexity index is 820. The maximum atomic E-state index is 12.7. The Morgan fingerprint density at radius 2 is 1.96 bits per heavy atom. The molecular formula is C18H22N4O5. The van der Waals surface area contributed by atoms with E-state index in [1.54, 1.807) is 25.1 Å². The number of rotatable bonds is 6. The van der Waals surface area contributed by atoms with Crippen LogP contribution >= 0.6 is 0 Å². The molecule has 9 nitrogen and oxygen atoms in total. The highest BCUT2D eigenvalue weighted by atomic mass is 16.3. The average Bonchev–Trinajstić information content (AvgIpc) is 2.86. The number of nitrogens with zero attached hydrogens (tertiary/aromatic N) is 1. The first kappa shape index (κ1) is 19.2. The molecule has 1 fully saturated rings. The number of imide groups is 2. The second-order valence-electron chi connectivity index (χ2n) is 7.13. The highest BCUT2D eigenvalue weighted by molar-refractivity contribution is 6.23. The minimum Gasteiger partial charge on any atom is -0.388 e. The summed E-state index contributed by atoms with van der Waals surface area (Å²) < 4.78 is 0. The Hall–Kier alpha value is -2.62. The van der Waals surface area contributed by atoms with E-state index in [0.717, 1.165) is 10.5 Å². The largest absolute Gasteiger partial charge is 0.388 e. The SMILES string of the molecule is CC(O)(CN)CNCc1ccc2c(c1)C(=O)N(C1CCC(=O)NC1=O)C2=O. The lowest BCUT2D eigenvalue weighted by Crippen LogP contribution is -2.54. The van der Waals surface area contributed by atoms with Crippen molar-refractivity contribution in [1.29, 1.82) is 0 Å². The minimum atomic E-state index is -1.04. The van der Waals surface area contributed by atoms with E-state index in [9.17, 15) is 24.3 Å². The van der Waals surface area contributed by atoms with Crippen molar-refractivity contribution >= 4 is 23.6 Å². The molecule has 1 saturated heterocycles. The maximum Gasteiger partial charge on any atom is 0.262 e. The van der Waals surface area contributed by atoms with Gasteiger partial charge in [-0.05, 0) is 31.0 Å². The Balaban J connectivity index is 1.75. The standard InChI is InChI=1S/C18H22N4O5/c1-18(27,8-19)9-20-7-10-2-3-11-12(6-10)17(26)22(16(11)25)13-4-5-14(23)21-15(13)24/h2-3,6,13,20,27H,4-5,7-9,19H2,1H3,(H,21,23,24). The third-order valence-corrected chi connectivity index (χ3v) is 4.78. The van der Waals surface area contributed by atoms with E-state index in [-0.39, 0.29) is 37.1 Å². The molecule has 0 saturated carbocycles. The fourth-order valence-corrected chi connectivity index (χ4v) is 3.18. The Morgan fingerprint density at radius 1 is 1.26 bits per heavy atom. The van der Waals surface area contributed by atoms with Crippen LogP contribution in [-0.4, -0.2) is 58.4 Å². The van der Waals surface area contributed by atoms with Crippen LogP contribution in [0.5, 0.6) is 0 Å². The van der Waals surface area contributed by atoms with E-state index in [1.165, 1.54) is 0 Å². The molecule has 2 heterocycles. The number of piperidine rings is 1. The summed E-state index contributed by atoms with van der Waals surface area (Å²) in [4.78, 5) is 49.6. The van der Waals surface area contributed by atoms with E-state index < -0.39 is 35.3 Å². The summed E-state index contributed by atoms with van der Waals surface area (Å²) in [6.45, 7) is 2.37. The van der Waals surface area contributed by atoms with Gasteiger partial charge >= 0.3 is 0 Å². The number of nitrogens with two attached hydrogens (primary N) is 1. The van der Waals surface area contributed by atoms with Gasteiger partial charge in [0.25, 0.3) is 11.8 Å². The van der Waals surface area contributed by atoms with Crippen LogP contribution in [0.3, 0.4) is 0 Å². The summed E-state index contributed by atoms with van der Waals surface area (Å²) in [6.07, 6.45) is 0.207. The van der Waals surface area contributed by atoms with Gasteiger partial charge in [-0.25, -0.2) is 0 Å². The lowest BCUT2D eigenvalue weighted by molar-refractivity contribution is -0.136. The first-order valence-electron chi connectivity index (χ1n) is 8.71. The van der Waals surface area contributed by atoms with Crippen LogP contribution in [-0.2, 0) is 16.1 Å². The maximum absolute atomic E-state index is 12.7. The zero-order chi connectivity index (χ0) is 19.8. The van der Waals surface area contributed by atoms with Gasteiger partial charge in [-0.15, -0.1) is 0 Å². The number of hydrogen-bond acceptors (Lipinski definition) is 7. The highest BCUT2D eigenvalue weighted by Gasteiger charge is 2.44. The van der Waals surface area contributed by atoms with E-state index in [1.807, 2.05) is 0 Å². The van der Waals surface area contributed by atoms with Crippen molar-refractivity contribution < 1.29 is 24.3 Å². The van der Waals surface area contributed by atoms with Crippen molar-refractivity contribution in [2.75, 3.05) is 13.1 Å². The van der Waals surface area contributed by atoms with Gasteiger partial charge in [0, 0.05) is 26.1 Å². The van der Waals surface area contributed by atoms with Gasteiger partial charge in [0.15, 0.2) is 0 Å². The summed E-state index contributed by atoms with van der Waals surface area (Å²) >= 11 is 0. The van der Waals surface area contributed by atoms with Crippen molar-refractivity contribution in [2.24, 2.45) is 5.73 Å². The third kappa shape index (κ3) is 3.75. The zero-order valence-electron chi connectivity index (χ0n) is 14.9. The molecule has 2 aliphatic rings. The minimum absolute atomic E-state index is 0.0834. The van der Waals surface area contributed by atoms with Crippen LogP contribution in [0.2, 0.25) is 0 Å². The monoisotopic (exact) mass is 374 g/mol. The quantitative estimate of drug-likeness (QED) is 0.462. The van der Waals surface area contributed by atoms with Crippen molar-refractivity contribution in [3.8, 4) is 0 Å². The first-order valence-corrected chi connectivity index (χ1v) is 8.71. The molecule has 0 radical (unpaired) electrons. The molecular weight excluding hydrogens is 352 g/mol. The fourth-order valence-electron chi connectivity index (χ4n) is 3.18. The van der Waals surface area contributed by atoms with E-state index in [4.69, 9.17) is 5.73 Å². The summed E-state index contributed by atoms with van der Waals surface area (Å²) in [7, 11) is 0. The number of amides is 4. The lowest BCUT2D eigenvalue weighted by Gasteiger charge is -2.27. The molecule has 0 spiro atoms. The molecule has 2 unspecified atom stereocenters. The Kier molecular flexibility index (Phi) is 5.09. The molecule has 144 valence electrons. The zero-order valence-corrected chi connectivity index (χ0v) is 14.9. The van der Waals surface area contributed by atoms with Crippen LogP contribution in [0, 0.1) is 0 Å². The number of benzene rings is 1. The molecule has 9 heteroatoms. The predicted molar refractivity (Wildman–Crippen MR) is 94.5 cm³/mol. The molecule has 3 rings (SSSR count). The predicted octanol–water partition coefficient (Wildman–Crippen LogP) is -1.11. The second kappa shape index (κ2) is 7.18. The van der Waals surface area contributed by atoms with Gasteiger partial charge in [0.2, 0.25) is 11.8 Å². The van der Waals surface area contributed by atoms with Crippen LogP contribution in [0.25, 0.3) is 0 Å². The molecule has 2 atom stereocenters. The van der Waals surface area contributed by atoms with Gasteiger partial charge in [-0.2, -0.15) is 0 Å². The molecule has 4 amide bonds. The van der Waals surface area contributed by atoms with E-state index in [2.05, 4.69) is 10.6 Å². The summed E-state index contributed by atoms with van der Waals surface area (Å²) in [5.41, 5.74) is 5.66. The van der Waals surface area contributed by atoms with E-state index >= 15 is 0 Å². The molecule has 1 aromatic rings. The number of carbonyl (C=O) groups is 4.